The normalized spacial score (nSPS) is 17.4. The fraction of sp³-hybridized carbons (Fsp3) is 0.600. The van der Waals surface area contributed by atoms with Gasteiger partial charge in [0.1, 0.15) is 5.82 Å². The second-order valence-corrected chi connectivity index (χ2v) is 5.02. The van der Waals surface area contributed by atoms with E-state index in [1.807, 2.05) is 12.1 Å². The van der Waals surface area contributed by atoms with Gasteiger partial charge in [0.2, 0.25) is 0 Å². The molecule has 0 heterocycles. The maximum atomic E-state index is 13.9. The molecule has 1 aliphatic rings. The smallest absolute Gasteiger partial charge is 0.126 e. The van der Waals surface area contributed by atoms with E-state index in [0.717, 1.165) is 18.7 Å². The van der Waals surface area contributed by atoms with Crippen LogP contribution in [0.4, 0.5) is 4.39 Å². The minimum Gasteiger partial charge on any atom is -0.383 e. The van der Waals surface area contributed by atoms with Crippen LogP contribution >= 0.6 is 0 Å². The Morgan fingerprint density at radius 1 is 1.39 bits per heavy atom. The fourth-order valence-corrected chi connectivity index (χ4v) is 2.58. The summed E-state index contributed by atoms with van der Waals surface area (Å²) < 4.78 is 18.9. The maximum absolute atomic E-state index is 13.9. The quantitative estimate of drug-likeness (QED) is 0.752. The van der Waals surface area contributed by atoms with Crippen molar-refractivity contribution in [2.24, 2.45) is 5.92 Å². The summed E-state index contributed by atoms with van der Waals surface area (Å²) in [5.74, 6) is 0.872. The van der Waals surface area contributed by atoms with Crippen molar-refractivity contribution in [3.63, 3.8) is 0 Å². The maximum Gasteiger partial charge on any atom is 0.126 e. The van der Waals surface area contributed by atoms with Crippen molar-refractivity contribution in [1.29, 1.82) is 0 Å². The van der Waals surface area contributed by atoms with E-state index in [-0.39, 0.29) is 5.82 Å². The Balaban J connectivity index is 1.98. The Morgan fingerprint density at radius 2 is 2.17 bits per heavy atom. The van der Waals surface area contributed by atoms with Crippen LogP contribution in [0, 0.1) is 11.7 Å². The molecule has 1 fully saturated rings. The molecule has 1 saturated carbocycles. The molecule has 0 aromatic heterocycles. The van der Waals surface area contributed by atoms with E-state index in [1.54, 1.807) is 19.2 Å². The average molecular weight is 251 g/mol. The van der Waals surface area contributed by atoms with Crippen LogP contribution in [-0.4, -0.2) is 26.8 Å². The topological polar surface area (TPSA) is 21.3 Å². The predicted octanol–water partition coefficient (Wildman–Crippen LogP) is 2.95. The number of ether oxygens (including phenoxy) is 1. The average Bonchev–Trinajstić information content (AvgIpc) is 2.31. The Kier molecular flexibility index (Phi) is 5.14. The second-order valence-electron chi connectivity index (χ2n) is 5.02. The molecule has 100 valence electrons. The van der Waals surface area contributed by atoms with Crippen molar-refractivity contribution in [2.75, 3.05) is 26.8 Å². The van der Waals surface area contributed by atoms with E-state index < -0.39 is 0 Å². The first-order valence-electron chi connectivity index (χ1n) is 6.77. The highest BCUT2D eigenvalue weighted by molar-refractivity contribution is 5.23. The first kappa shape index (κ1) is 13.5. The summed E-state index contributed by atoms with van der Waals surface area (Å²) in [4.78, 5) is 0. The van der Waals surface area contributed by atoms with Crippen molar-refractivity contribution in [1.82, 2.24) is 5.32 Å². The van der Waals surface area contributed by atoms with E-state index in [4.69, 9.17) is 4.74 Å². The fourth-order valence-electron chi connectivity index (χ4n) is 2.58. The minimum absolute atomic E-state index is 0.0667. The lowest BCUT2D eigenvalue weighted by Crippen LogP contribution is -2.32. The summed E-state index contributed by atoms with van der Waals surface area (Å²) in [5.41, 5.74) is 0.868. The van der Waals surface area contributed by atoms with Crippen molar-refractivity contribution in [2.45, 2.75) is 25.2 Å². The molecule has 0 spiro atoms. The first-order valence-corrected chi connectivity index (χ1v) is 6.77. The summed E-state index contributed by atoms with van der Waals surface area (Å²) in [6.07, 6.45) is 3.74. The van der Waals surface area contributed by atoms with Gasteiger partial charge in [-0.3, -0.25) is 0 Å². The van der Waals surface area contributed by atoms with Crippen molar-refractivity contribution < 1.29 is 9.13 Å². The SMILES string of the molecule is COCCNCC(c1ccccc1F)C1CCC1. The van der Waals surface area contributed by atoms with Crippen LogP contribution in [0.25, 0.3) is 0 Å². The number of halogens is 1. The molecule has 0 radical (unpaired) electrons. The minimum atomic E-state index is -0.0667. The van der Waals surface area contributed by atoms with Crippen LogP contribution in [0.5, 0.6) is 0 Å². The Bertz CT molecular complexity index is 365. The molecule has 0 saturated heterocycles. The predicted molar refractivity (Wildman–Crippen MR) is 71.2 cm³/mol. The van der Waals surface area contributed by atoms with Gasteiger partial charge in [-0.05, 0) is 30.4 Å². The van der Waals surface area contributed by atoms with Crippen LogP contribution in [0.1, 0.15) is 30.7 Å². The number of benzene rings is 1. The zero-order chi connectivity index (χ0) is 12.8. The van der Waals surface area contributed by atoms with Crippen LogP contribution in [0.15, 0.2) is 24.3 Å². The van der Waals surface area contributed by atoms with Gasteiger partial charge in [-0.15, -0.1) is 0 Å². The van der Waals surface area contributed by atoms with Crippen LogP contribution in [0.2, 0.25) is 0 Å². The van der Waals surface area contributed by atoms with Gasteiger partial charge in [-0.1, -0.05) is 24.6 Å². The van der Waals surface area contributed by atoms with Gasteiger partial charge in [0.05, 0.1) is 6.61 Å². The van der Waals surface area contributed by atoms with Gasteiger partial charge in [0.15, 0.2) is 0 Å². The van der Waals surface area contributed by atoms with E-state index in [2.05, 4.69) is 5.32 Å². The molecule has 1 aromatic carbocycles. The Morgan fingerprint density at radius 3 is 2.78 bits per heavy atom. The van der Waals surface area contributed by atoms with E-state index >= 15 is 0 Å². The highest BCUT2D eigenvalue weighted by atomic mass is 19.1. The molecular formula is C15H22FNO. The zero-order valence-electron chi connectivity index (χ0n) is 11.0. The van der Waals surface area contributed by atoms with Gasteiger partial charge < -0.3 is 10.1 Å². The molecule has 1 aliphatic carbocycles. The molecule has 1 N–H and O–H groups in total. The number of methoxy groups -OCH3 is 1. The second kappa shape index (κ2) is 6.86. The number of hydrogen-bond donors (Lipinski definition) is 1. The summed E-state index contributed by atoms with van der Waals surface area (Å²) in [7, 11) is 1.70. The van der Waals surface area contributed by atoms with Gasteiger partial charge in [0, 0.05) is 26.1 Å². The van der Waals surface area contributed by atoms with Crippen molar-refractivity contribution >= 4 is 0 Å². The highest BCUT2D eigenvalue weighted by Gasteiger charge is 2.29. The molecule has 1 aromatic rings. The van der Waals surface area contributed by atoms with Gasteiger partial charge in [-0.25, -0.2) is 4.39 Å². The van der Waals surface area contributed by atoms with Crippen molar-refractivity contribution in [3.05, 3.63) is 35.6 Å². The van der Waals surface area contributed by atoms with Gasteiger partial charge in [-0.2, -0.15) is 0 Å². The third-order valence-corrected chi connectivity index (χ3v) is 3.87. The monoisotopic (exact) mass is 251 g/mol. The molecule has 18 heavy (non-hydrogen) atoms. The standard InChI is InChI=1S/C15H22FNO/c1-18-10-9-17-11-14(12-5-4-6-12)13-7-2-3-8-15(13)16/h2-3,7-8,12,14,17H,4-6,9-11H2,1H3. The molecule has 0 amide bonds. The molecule has 1 unspecified atom stereocenters. The van der Waals surface area contributed by atoms with Crippen LogP contribution in [0.3, 0.4) is 0 Å². The molecule has 3 heteroatoms. The zero-order valence-corrected chi connectivity index (χ0v) is 11.0. The lowest BCUT2D eigenvalue weighted by Gasteiger charge is -2.34. The Labute approximate surface area is 109 Å². The van der Waals surface area contributed by atoms with Crippen LogP contribution < -0.4 is 5.32 Å². The van der Waals surface area contributed by atoms with Crippen LogP contribution in [-0.2, 0) is 4.74 Å². The molecule has 0 aliphatic heterocycles. The number of hydrogen-bond acceptors (Lipinski definition) is 2. The molecule has 1 atom stereocenters. The first-order chi connectivity index (χ1) is 8.83. The lowest BCUT2D eigenvalue weighted by molar-refractivity contribution is 0.193. The third-order valence-electron chi connectivity index (χ3n) is 3.87. The summed E-state index contributed by atoms with van der Waals surface area (Å²) >= 11 is 0. The highest BCUT2D eigenvalue weighted by Crippen LogP contribution is 2.39. The van der Waals surface area contributed by atoms with E-state index in [9.17, 15) is 4.39 Å². The molecule has 2 nitrogen and oxygen atoms in total. The van der Waals surface area contributed by atoms with Gasteiger partial charge >= 0.3 is 0 Å². The molecule has 0 bridgehead atoms. The third kappa shape index (κ3) is 3.30. The summed E-state index contributed by atoms with van der Waals surface area (Å²) in [5, 5.41) is 3.37. The largest absolute Gasteiger partial charge is 0.383 e. The number of nitrogens with one attached hydrogen (secondary N) is 1. The van der Waals surface area contributed by atoms with E-state index in [0.29, 0.717) is 18.4 Å². The van der Waals surface area contributed by atoms with E-state index in [1.165, 1.54) is 19.3 Å². The molecular weight excluding hydrogens is 229 g/mol. The summed E-state index contributed by atoms with van der Waals surface area (Å²) in [6.45, 7) is 2.37. The summed E-state index contributed by atoms with van der Waals surface area (Å²) in [6, 6.07) is 7.18. The molecule has 2 rings (SSSR count). The van der Waals surface area contributed by atoms with Crippen molar-refractivity contribution in [3.8, 4) is 0 Å². The lowest BCUT2D eigenvalue weighted by atomic mass is 9.73. The Hall–Kier alpha value is -0.930. The number of rotatable bonds is 7. The van der Waals surface area contributed by atoms with Gasteiger partial charge in [0.25, 0.3) is 0 Å².